The third-order valence-electron chi connectivity index (χ3n) is 4.87. The average Bonchev–Trinajstić information content (AvgIpc) is 3.29. The molecule has 1 atom stereocenters. The lowest BCUT2D eigenvalue weighted by Crippen LogP contribution is -2.48. The number of nitrogens with zero attached hydrogens (tertiary/aromatic N) is 5. The molecule has 1 aliphatic heterocycles. The highest BCUT2D eigenvalue weighted by atomic mass is 32.1. The molecule has 3 aromatic rings. The molecule has 130 valence electrons. The van der Waals surface area contributed by atoms with E-state index in [0.717, 1.165) is 31.7 Å². The minimum atomic E-state index is 0.0293. The van der Waals surface area contributed by atoms with E-state index in [4.69, 9.17) is 0 Å². The van der Waals surface area contributed by atoms with E-state index in [2.05, 4.69) is 32.5 Å². The number of piperidine rings is 1. The first kappa shape index (κ1) is 16.1. The summed E-state index contributed by atoms with van der Waals surface area (Å²) in [5, 5.41) is 7.42. The number of likely N-dealkylation sites (N-methyl/N-ethyl adjacent to an activating group) is 1. The van der Waals surface area contributed by atoms with Crippen LogP contribution in [0.5, 0.6) is 0 Å². The zero-order chi connectivity index (χ0) is 17.4. The Labute approximate surface area is 150 Å². The summed E-state index contributed by atoms with van der Waals surface area (Å²) in [4.78, 5) is 21.5. The number of anilines is 1. The van der Waals surface area contributed by atoms with Gasteiger partial charge in [-0.05, 0) is 30.4 Å². The Kier molecular flexibility index (Phi) is 4.17. The summed E-state index contributed by atoms with van der Waals surface area (Å²) < 4.78 is 2.92. The Hall–Kier alpha value is -2.41. The van der Waals surface area contributed by atoms with Gasteiger partial charge in [0.05, 0.1) is 11.8 Å². The normalized spacial score (nSPS) is 17.8. The van der Waals surface area contributed by atoms with Crippen LogP contribution in [0.3, 0.4) is 0 Å². The first-order valence-electron chi connectivity index (χ1n) is 8.46. The van der Waals surface area contributed by atoms with Gasteiger partial charge in [-0.2, -0.15) is 5.10 Å². The highest BCUT2D eigenvalue weighted by Crippen LogP contribution is 2.30. The van der Waals surface area contributed by atoms with Crippen LogP contribution in [0.4, 0.5) is 5.82 Å². The summed E-state index contributed by atoms with van der Waals surface area (Å²) in [5.41, 5.74) is 0.639. The molecule has 3 aromatic heterocycles. The van der Waals surface area contributed by atoms with Crippen LogP contribution in [0.15, 0.2) is 36.1 Å². The van der Waals surface area contributed by atoms with Crippen LogP contribution in [0.1, 0.15) is 23.2 Å². The lowest BCUT2D eigenvalue weighted by molar-refractivity contribution is 0.0717. The maximum absolute atomic E-state index is 12.7. The Morgan fingerprint density at radius 3 is 3.08 bits per heavy atom. The predicted octanol–water partition coefficient (Wildman–Crippen LogP) is 2.77. The van der Waals surface area contributed by atoms with Crippen molar-refractivity contribution >= 4 is 33.1 Å². The van der Waals surface area contributed by atoms with Crippen molar-refractivity contribution in [3.63, 3.8) is 0 Å². The molecule has 1 unspecified atom stereocenters. The summed E-state index contributed by atoms with van der Waals surface area (Å²) in [6.07, 6.45) is 7.35. The fraction of sp³-hybridized carbons (Fsp3) is 0.389. The maximum Gasteiger partial charge on any atom is 0.257 e. The molecular formula is C18H21N5OS. The van der Waals surface area contributed by atoms with Crippen molar-refractivity contribution < 1.29 is 4.79 Å². The summed E-state index contributed by atoms with van der Waals surface area (Å²) >= 11 is 1.74. The summed E-state index contributed by atoms with van der Waals surface area (Å²) in [7, 11) is 3.72. The molecule has 4 rings (SSSR count). The SMILES string of the molecule is CN(C(=O)c1cnn(C)c1)C1CCCN(c2nccc3sccc23)C1. The van der Waals surface area contributed by atoms with Gasteiger partial charge in [0.25, 0.3) is 5.91 Å². The van der Waals surface area contributed by atoms with E-state index in [1.165, 1.54) is 10.1 Å². The minimum Gasteiger partial charge on any atom is -0.354 e. The number of carbonyl (C=O) groups excluding carboxylic acids is 1. The van der Waals surface area contributed by atoms with Gasteiger partial charge in [-0.25, -0.2) is 4.98 Å². The number of thiophene rings is 1. The van der Waals surface area contributed by atoms with Crippen LogP contribution in [0, 0.1) is 0 Å². The number of fused-ring (bicyclic) bond motifs is 1. The highest BCUT2D eigenvalue weighted by Gasteiger charge is 2.28. The van der Waals surface area contributed by atoms with Gasteiger partial charge in [0.1, 0.15) is 5.82 Å². The van der Waals surface area contributed by atoms with Crippen LogP contribution in [-0.2, 0) is 7.05 Å². The summed E-state index contributed by atoms with van der Waals surface area (Å²) in [6.45, 7) is 1.79. The van der Waals surface area contributed by atoms with E-state index in [1.807, 2.05) is 25.2 Å². The van der Waals surface area contributed by atoms with Crippen LogP contribution in [0.2, 0.25) is 0 Å². The second-order valence-electron chi connectivity index (χ2n) is 6.53. The van der Waals surface area contributed by atoms with Gasteiger partial charge < -0.3 is 9.80 Å². The zero-order valence-electron chi connectivity index (χ0n) is 14.4. The van der Waals surface area contributed by atoms with E-state index in [-0.39, 0.29) is 11.9 Å². The second kappa shape index (κ2) is 6.48. The lowest BCUT2D eigenvalue weighted by Gasteiger charge is -2.38. The molecule has 7 heteroatoms. The van der Waals surface area contributed by atoms with Gasteiger partial charge in [-0.15, -0.1) is 11.3 Å². The van der Waals surface area contributed by atoms with Gasteiger partial charge in [-0.1, -0.05) is 0 Å². The number of amides is 1. The van der Waals surface area contributed by atoms with Gasteiger partial charge in [-0.3, -0.25) is 9.48 Å². The van der Waals surface area contributed by atoms with E-state index in [0.29, 0.717) is 5.56 Å². The second-order valence-corrected chi connectivity index (χ2v) is 7.48. The van der Waals surface area contributed by atoms with Crippen LogP contribution in [-0.4, -0.2) is 51.8 Å². The fourth-order valence-corrected chi connectivity index (χ4v) is 4.27. The van der Waals surface area contributed by atoms with Crippen molar-refractivity contribution in [2.45, 2.75) is 18.9 Å². The molecule has 0 radical (unpaired) electrons. The summed E-state index contributed by atoms with van der Waals surface area (Å²) in [6, 6.07) is 4.37. The Bertz CT molecular complexity index is 902. The summed E-state index contributed by atoms with van der Waals surface area (Å²) in [5.74, 6) is 1.06. The third-order valence-corrected chi connectivity index (χ3v) is 5.76. The quantitative estimate of drug-likeness (QED) is 0.725. The largest absolute Gasteiger partial charge is 0.354 e. The smallest absolute Gasteiger partial charge is 0.257 e. The van der Waals surface area contributed by atoms with Gasteiger partial charge >= 0.3 is 0 Å². The molecule has 1 amide bonds. The number of hydrogen-bond acceptors (Lipinski definition) is 5. The standard InChI is InChI=1S/C18H21N5OS/c1-21-11-13(10-20-21)18(24)22(2)14-4-3-8-23(12-14)17-15-6-9-25-16(15)5-7-19-17/h5-7,9-11,14H,3-4,8,12H2,1-2H3. The lowest BCUT2D eigenvalue weighted by atomic mass is 10.0. The minimum absolute atomic E-state index is 0.0293. The maximum atomic E-state index is 12.7. The van der Waals surface area contributed by atoms with Gasteiger partial charge in [0, 0.05) is 55.7 Å². The van der Waals surface area contributed by atoms with Crippen molar-refractivity contribution in [3.8, 4) is 0 Å². The Balaban J connectivity index is 1.54. The number of aryl methyl sites for hydroxylation is 1. The van der Waals surface area contributed by atoms with Crippen LogP contribution >= 0.6 is 11.3 Å². The van der Waals surface area contributed by atoms with Gasteiger partial charge in [0.15, 0.2) is 0 Å². The highest BCUT2D eigenvalue weighted by molar-refractivity contribution is 7.17. The van der Waals surface area contributed by atoms with Crippen molar-refractivity contribution in [2.75, 3.05) is 25.0 Å². The van der Waals surface area contributed by atoms with Gasteiger partial charge in [0.2, 0.25) is 0 Å². The van der Waals surface area contributed by atoms with E-state index in [1.54, 1.807) is 28.4 Å². The van der Waals surface area contributed by atoms with E-state index < -0.39 is 0 Å². The topological polar surface area (TPSA) is 54.3 Å². The van der Waals surface area contributed by atoms with E-state index >= 15 is 0 Å². The molecule has 6 nitrogen and oxygen atoms in total. The predicted molar refractivity (Wildman–Crippen MR) is 100 cm³/mol. The number of hydrogen-bond donors (Lipinski definition) is 0. The molecule has 0 N–H and O–H groups in total. The molecule has 0 bridgehead atoms. The Morgan fingerprint density at radius 2 is 2.28 bits per heavy atom. The molecule has 4 heterocycles. The van der Waals surface area contributed by atoms with Crippen molar-refractivity contribution in [2.24, 2.45) is 7.05 Å². The first-order chi connectivity index (χ1) is 12.1. The molecule has 25 heavy (non-hydrogen) atoms. The third kappa shape index (κ3) is 3.00. The molecule has 1 fully saturated rings. The molecule has 0 aliphatic carbocycles. The van der Waals surface area contributed by atoms with Crippen LogP contribution < -0.4 is 4.90 Å². The van der Waals surface area contributed by atoms with Crippen LogP contribution in [0.25, 0.3) is 10.1 Å². The molecule has 0 aromatic carbocycles. The Morgan fingerprint density at radius 1 is 1.40 bits per heavy atom. The number of carbonyl (C=O) groups is 1. The molecular weight excluding hydrogens is 334 g/mol. The number of aromatic nitrogens is 3. The molecule has 1 saturated heterocycles. The molecule has 1 aliphatic rings. The van der Waals surface area contributed by atoms with Crippen molar-refractivity contribution in [1.29, 1.82) is 0 Å². The number of pyridine rings is 1. The van der Waals surface area contributed by atoms with Crippen molar-refractivity contribution in [3.05, 3.63) is 41.7 Å². The molecule has 0 spiro atoms. The zero-order valence-corrected chi connectivity index (χ0v) is 15.2. The monoisotopic (exact) mass is 355 g/mol. The first-order valence-corrected chi connectivity index (χ1v) is 9.34. The fourth-order valence-electron chi connectivity index (χ4n) is 3.50. The van der Waals surface area contributed by atoms with Crippen molar-refractivity contribution in [1.82, 2.24) is 19.7 Å². The number of rotatable bonds is 3. The van der Waals surface area contributed by atoms with E-state index in [9.17, 15) is 4.79 Å². The average molecular weight is 355 g/mol. The molecule has 0 saturated carbocycles.